The van der Waals surface area contributed by atoms with E-state index in [4.69, 9.17) is 9.78 Å². The molecule has 0 saturated heterocycles. The van der Waals surface area contributed by atoms with Crippen molar-refractivity contribution in [3.63, 3.8) is 0 Å². The van der Waals surface area contributed by atoms with Crippen LogP contribution in [-0.4, -0.2) is 12.7 Å². The van der Waals surface area contributed by atoms with Gasteiger partial charge >= 0.3 is 0 Å². The van der Waals surface area contributed by atoms with Gasteiger partial charge in [-0.25, -0.2) is 9.78 Å². The summed E-state index contributed by atoms with van der Waals surface area (Å²) >= 11 is 0. The summed E-state index contributed by atoms with van der Waals surface area (Å²) in [7, 11) is 0. The second-order valence-corrected chi connectivity index (χ2v) is 6.06. The number of rotatable bonds is 4. The molecular weight excluding hydrogens is 212 g/mol. The second kappa shape index (κ2) is 6.75. The van der Waals surface area contributed by atoms with Gasteiger partial charge in [-0.15, -0.1) is 0 Å². The summed E-state index contributed by atoms with van der Waals surface area (Å²) in [6.07, 6.45) is 11.4. The lowest BCUT2D eigenvalue weighted by Crippen LogP contribution is -2.28. The Morgan fingerprint density at radius 2 is 1.35 bits per heavy atom. The highest BCUT2D eigenvalue weighted by molar-refractivity contribution is 4.81. The first kappa shape index (κ1) is 13.4. The summed E-state index contributed by atoms with van der Waals surface area (Å²) in [6.45, 7) is 5.05. The van der Waals surface area contributed by atoms with Gasteiger partial charge in [0.05, 0.1) is 12.7 Å². The molecule has 2 fully saturated rings. The average Bonchev–Trinajstić information content (AvgIpc) is 2.38. The lowest BCUT2D eigenvalue weighted by Gasteiger charge is -2.36. The molecule has 2 heteroatoms. The van der Waals surface area contributed by atoms with Crippen molar-refractivity contribution in [3.8, 4) is 0 Å². The predicted octanol–water partition coefficient (Wildman–Crippen LogP) is 4.34. The van der Waals surface area contributed by atoms with Gasteiger partial charge in [-0.1, -0.05) is 19.8 Å². The van der Waals surface area contributed by atoms with Crippen LogP contribution in [0, 0.1) is 17.8 Å². The molecule has 0 aromatic carbocycles. The largest absolute Gasteiger partial charge is 0.237 e. The van der Waals surface area contributed by atoms with Crippen LogP contribution < -0.4 is 0 Å². The van der Waals surface area contributed by atoms with Crippen LogP contribution in [-0.2, 0) is 9.78 Å². The standard InChI is InChI=1S/C15H28O2/c1-3-16-17-15-10-8-14(9-11-15)13-6-4-12(2)5-7-13/h12-15H,3-11H2,1-2H3. The molecule has 2 aliphatic rings. The number of hydrogen-bond donors (Lipinski definition) is 0. The van der Waals surface area contributed by atoms with Crippen LogP contribution in [0.2, 0.25) is 0 Å². The molecule has 0 radical (unpaired) electrons. The molecule has 0 atom stereocenters. The minimum Gasteiger partial charge on any atom is -0.237 e. The summed E-state index contributed by atoms with van der Waals surface area (Å²) in [6, 6.07) is 0. The molecule has 0 aromatic heterocycles. The Morgan fingerprint density at radius 1 is 0.824 bits per heavy atom. The van der Waals surface area contributed by atoms with E-state index in [1.165, 1.54) is 51.4 Å². The van der Waals surface area contributed by atoms with Gasteiger partial charge in [-0.05, 0) is 63.2 Å². The van der Waals surface area contributed by atoms with Crippen molar-refractivity contribution in [3.05, 3.63) is 0 Å². The third-order valence-corrected chi connectivity index (χ3v) is 4.77. The highest BCUT2D eigenvalue weighted by Crippen LogP contribution is 2.40. The first-order chi connectivity index (χ1) is 8.29. The Labute approximate surface area is 106 Å². The molecule has 0 unspecified atom stereocenters. The van der Waals surface area contributed by atoms with E-state index in [-0.39, 0.29) is 0 Å². The van der Waals surface area contributed by atoms with Crippen molar-refractivity contribution in [2.75, 3.05) is 6.61 Å². The van der Waals surface area contributed by atoms with Crippen molar-refractivity contribution in [1.29, 1.82) is 0 Å². The highest BCUT2D eigenvalue weighted by atomic mass is 17.2. The van der Waals surface area contributed by atoms with Gasteiger partial charge in [0, 0.05) is 0 Å². The summed E-state index contributed by atoms with van der Waals surface area (Å²) in [4.78, 5) is 10.5. The maximum Gasteiger partial charge on any atom is 0.0930 e. The quantitative estimate of drug-likeness (QED) is 0.537. The van der Waals surface area contributed by atoms with E-state index in [2.05, 4.69) is 6.92 Å². The van der Waals surface area contributed by atoms with E-state index >= 15 is 0 Å². The van der Waals surface area contributed by atoms with E-state index in [0.717, 1.165) is 17.8 Å². The molecule has 0 aromatic rings. The minimum atomic E-state index is 0.369. The fourth-order valence-corrected chi connectivity index (χ4v) is 3.58. The van der Waals surface area contributed by atoms with Crippen molar-refractivity contribution >= 4 is 0 Å². The molecule has 0 spiro atoms. The zero-order valence-corrected chi connectivity index (χ0v) is 11.5. The van der Waals surface area contributed by atoms with Crippen LogP contribution in [0.3, 0.4) is 0 Å². The molecule has 0 bridgehead atoms. The predicted molar refractivity (Wildman–Crippen MR) is 69.6 cm³/mol. The van der Waals surface area contributed by atoms with E-state index < -0.39 is 0 Å². The maximum atomic E-state index is 5.38. The minimum absolute atomic E-state index is 0.369. The molecule has 2 aliphatic carbocycles. The lowest BCUT2D eigenvalue weighted by molar-refractivity contribution is -0.327. The molecule has 2 saturated carbocycles. The summed E-state index contributed by atoms with van der Waals surface area (Å²) in [5.41, 5.74) is 0. The van der Waals surface area contributed by atoms with Crippen molar-refractivity contribution in [1.82, 2.24) is 0 Å². The highest BCUT2D eigenvalue weighted by Gasteiger charge is 2.30. The van der Waals surface area contributed by atoms with Crippen LogP contribution in [0.15, 0.2) is 0 Å². The fourth-order valence-electron chi connectivity index (χ4n) is 3.58. The van der Waals surface area contributed by atoms with Gasteiger partial charge in [0.1, 0.15) is 0 Å². The van der Waals surface area contributed by atoms with E-state index in [9.17, 15) is 0 Å². The first-order valence-corrected chi connectivity index (χ1v) is 7.57. The summed E-state index contributed by atoms with van der Waals surface area (Å²) < 4.78 is 0. The van der Waals surface area contributed by atoms with Gasteiger partial charge in [-0.3, -0.25) is 0 Å². The Morgan fingerprint density at radius 3 is 1.88 bits per heavy atom. The zero-order chi connectivity index (χ0) is 12.1. The van der Waals surface area contributed by atoms with Crippen molar-refractivity contribution in [2.24, 2.45) is 17.8 Å². The summed E-state index contributed by atoms with van der Waals surface area (Å²) in [5.74, 6) is 2.96. The molecule has 0 N–H and O–H groups in total. The maximum absolute atomic E-state index is 5.38. The molecule has 0 heterocycles. The van der Waals surface area contributed by atoms with E-state index in [1.807, 2.05) is 6.92 Å². The Bertz CT molecular complexity index is 201. The van der Waals surface area contributed by atoms with Crippen molar-refractivity contribution in [2.45, 2.75) is 71.3 Å². The van der Waals surface area contributed by atoms with Gasteiger partial charge in [0.15, 0.2) is 0 Å². The van der Waals surface area contributed by atoms with Crippen LogP contribution in [0.4, 0.5) is 0 Å². The number of hydrogen-bond acceptors (Lipinski definition) is 2. The van der Waals surface area contributed by atoms with Gasteiger partial charge in [0.2, 0.25) is 0 Å². The van der Waals surface area contributed by atoms with E-state index in [1.54, 1.807) is 0 Å². The molecular formula is C15H28O2. The Hall–Kier alpha value is -0.0800. The molecule has 2 nitrogen and oxygen atoms in total. The molecule has 0 aliphatic heterocycles. The molecule has 2 rings (SSSR count). The van der Waals surface area contributed by atoms with Crippen molar-refractivity contribution < 1.29 is 9.78 Å². The lowest BCUT2D eigenvalue weighted by atomic mass is 9.71. The molecule has 0 amide bonds. The smallest absolute Gasteiger partial charge is 0.0930 e. The monoisotopic (exact) mass is 240 g/mol. The third-order valence-electron chi connectivity index (χ3n) is 4.77. The summed E-state index contributed by atoms with van der Waals surface area (Å²) in [5, 5.41) is 0. The normalized spacial score (nSPS) is 39.2. The third kappa shape index (κ3) is 3.96. The first-order valence-electron chi connectivity index (χ1n) is 7.57. The van der Waals surface area contributed by atoms with Crippen LogP contribution in [0.1, 0.15) is 65.2 Å². The molecule has 100 valence electrons. The second-order valence-electron chi connectivity index (χ2n) is 6.06. The topological polar surface area (TPSA) is 18.5 Å². The Kier molecular flexibility index (Phi) is 5.30. The van der Waals surface area contributed by atoms with Crippen LogP contribution in [0.25, 0.3) is 0 Å². The molecule has 17 heavy (non-hydrogen) atoms. The zero-order valence-electron chi connectivity index (χ0n) is 11.5. The van der Waals surface area contributed by atoms with Gasteiger partial charge in [-0.2, -0.15) is 0 Å². The Balaban J connectivity index is 1.68. The van der Waals surface area contributed by atoms with Crippen LogP contribution >= 0.6 is 0 Å². The average molecular weight is 240 g/mol. The van der Waals surface area contributed by atoms with E-state index in [0.29, 0.717) is 12.7 Å². The van der Waals surface area contributed by atoms with Crippen LogP contribution in [0.5, 0.6) is 0 Å². The van der Waals surface area contributed by atoms with Gasteiger partial charge in [0.25, 0.3) is 0 Å². The fraction of sp³-hybridized carbons (Fsp3) is 1.00. The van der Waals surface area contributed by atoms with Gasteiger partial charge < -0.3 is 0 Å². The SMILES string of the molecule is CCOOC1CCC(C2CCC(C)CC2)CC1.